The monoisotopic (exact) mass is 287 g/mol. The summed E-state index contributed by atoms with van der Waals surface area (Å²) >= 11 is 0. The Balaban J connectivity index is 1.89. The van der Waals surface area contributed by atoms with Crippen molar-refractivity contribution in [2.45, 2.75) is 59.9 Å². The maximum atomic E-state index is 4.40. The Hall–Kier alpha value is -1.65. The van der Waals surface area contributed by atoms with Gasteiger partial charge in [0.2, 0.25) is 0 Å². The summed E-state index contributed by atoms with van der Waals surface area (Å²) in [6, 6.07) is 2.51. The Morgan fingerprint density at radius 1 is 1.19 bits per heavy atom. The van der Waals surface area contributed by atoms with Crippen LogP contribution in [0.5, 0.6) is 0 Å². The van der Waals surface area contributed by atoms with Gasteiger partial charge in [-0.2, -0.15) is 14.6 Å². The van der Waals surface area contributed by atoms with Crippen molar-refractivity contribution in [3.05, 3.63) is 18.1 Å². The quantitative estimate of drug-likeness (QED) is 0.919. The normalized spacial score (nSPS) is 21.6. The molecule has 1 aliphatic carbocycles. The van der Waals surface area contributed by atoms with Crippen molar-refractivity contribution in [2.75, 3.05) is 5.32 Å². The second-order valence-corrected chi connectivity index (χ2v) is 8.01. The second kappa shape index (κ2) is 4.68. The maximum Gasteiger partial charge on any atom is 0.254 e. The lowest BCUT2D eigenvalue weighted by Crippen LogP contribution is -2.40. The lowest BCUT2D eigenvalue weighted by Gasteiger charge is -2.45. The summed E-state index contributed by atoms with van der Waals surface area (Å²) in [5.41, 5.74) is 1.69. The number of fused-ring (bicyclic) bond motifs is 1. The van der Waals surface area contributed by atoms with Crippen molar-refractivity contribution < 1.29 is 0 Å². The molecular weight excluding hydrogens is 262 g/mol. The largest absolute Gasteiger partial charge is 0.367 e. The van der Waals surface area contributed by atoms with Crippen LogP contribution in [-0.4, -0.2) is 25.6 Å². The molecule has 0 saturated heterocycles. The van der Waals surface area contributed by atoms with Crippen LogP contribution in [0.25, 0.3) is 5.78 Å². The summed E-state index contributed by atoms with van der Waals surface area (Å²) in [7, 11) is 0. The molecular formula is C16H25N5. The van der Waals surface area contributed by atoms with E-state index in [1.165, 1.54) is 19.3 Å². The molecule has 114 valence electrons. The molecule has 0 bridgehead atoms. The summed E-state index contributed by atoms with van der Waals surface area (Å²) in [6.07, 6.45) is 5.18. The smallest absolute Gasteiger partial charge is 0.254 e. The van der Waals surface area contributed by atoms with E-state index in [-0.39, 0.29) is 0 Å². The van der Waals surface area contributed by atoms with Crippen LogP contribution in [0.2, 0.25) is 0 Å². The molecule has 0 aromatic carbocycles. The standard InChI is InChI=1S/C16H25N5/c1-11-6-13(21-14(19-11)17-10-18-21)20-12-7-15(2,3)9-16(4,5)8-12/h6,10,12,20H,7-9H2,1-5H3. The third-order valence-electron chi connectivity index (χ3n) is 4.29. The van der Waals surface area contributed by atoms with Gasteiger partial charge >= 0.3 is 0 Å². The van der Waals surface area contributed by atoms with Gasteiger partial charge in [-0.3, -0.25) is 0 Å². The Morgan fingerprint density at radius 2 is 1.86 bits per heavy atom. The molecule has 5 heteroatoms. The zero-order chi connectivity index (χ0) is 15.3. The zero-order valence-electron chi connectivity index (χ0n) is 13.6. The van der Waals surface area contributed by atoms with Gasteiger partial charge in [0.15, 0.2) is 0 Å². The van der Waals surface area contributed by atoms with E-state index in [4.69, 9.17) is 0 Å². The van der Waals surface area contributed by atoms with E-state index in [0.717, 1.165) is 11.5 Å². The molecule has 2 aromatic heterocycles. The molecule has 21 heavy (non-hydrogen) atoms. The van der Waals surface area contributed by atoms with E-state index in [0.29, 0.717) is 22.6 Å². The van der Waals surface area contributed by atoms with Crippen molar-refractivity contribution in [1.29, 1.82) is 0 Å². The predicted molar refractivity (Wildman–Crippen MR) is 84.3 cm³/mol. The van der Waals surface area contributed by atoms with Gasteiger partial charge in [-0.1, -0.05) is 27.7 Å². The van der Waals surface area contributed by atoms with Crippen molar-refractivity contribution in [3.63, 3.8) is 0 Å². The van der Waals surface area contributed by atoms with Crippen LogP contribution in [0.15, 0.2) is 12.4 Å². The van der Waals surface area contributed by atoms with Gasteiger partial charge in [0, 0.05) is 17.8 Å². The number of rotatable bonds is 2. The molecule has 2 aromatic rings. The molecule has 1 saturated carbocycles. The Kier molecular flexibility index (Phi) is 3.19. The fourth-order valence-corrected chi connectivity index (χ4v) is 4.19. The summed E-state index contributed by atoms with van der Waals surface area (Å²) in [5, 5.41) is 7.96. The number of nitrogens with zero attached hydrogens (tertiary/aromatic N) is 4. The van der Waals surface area contributed by atoms with Crippen molar-refractivity contribution in [2.24, 2.45) is 10.8 Å². The minimum Gasteiger partial charge on any atom is -0.367 e. The summed E-state index contributed by atoms with van der Waals surface area (Å²) in [6.45, 7) is 11.5. The lowest BCUT2D eigenvalue weighted by atomic mass is 9.63. The van der Waals surface area contributed by atoms with Gasteiger partial charge in [0.25, 0.3) is 5.78 Å². The Morgan fingerprint density at radius 3 is 2.52 bits per heavy atom. The van der Waals surface area contributed by atoms with E-state index >= 15 is 0 Å². The van der Waals surface area contributed by atoms with Gasteiger partial charge in [-0.05, 0) is 37.0 Å². The molecule has 0 amide bonds. The highest BCUT2D eigenvalue weighted by Crippen LogP contribution is 2.46. The average Bonchev–Trinajstić information content (AvgIpc) is 2.71. The summed E-state index contributed by atoms with van der Waals surface area (Å²) in [5.74, 6) is 1.65. The fourth-order valence-electron chi connectivity index (χ4n) is 4.19. The van der Waals surface area contributed by atoms with Crippen LogP contribution in [0, 0.1) is 17.8 Å². The molecule has 0 atom stereocenters. The number of nitrogens with one attached hydrogen (secondary N) is 1. The van der Waals surface area contributed by atoms with Crippen LogP contribution < -0.4 is 5.32 Å². The van der Waals surface area contributed by atoms with E-state index in [2.05, 4.69) is 54.1 Å². The van der Waals surface area contributed by atoms with Crippen LogP contribution in [0.3, 0.4) is 0 Å². The molecule has 3 rings (SSSR count). The van der Waals surface area contributed by atoms with E-state index < -0.39 is 0 Å². The van der Waals surface area contributed by atoms with Gasteiger partial charge in [0.05, 0.1) is 0 Å². The molecule has 0 aliphatic heterocycles. The first kappa shape index (κ1) is 14.3. The molecule has 5 nitrogen and oxygen atoms in total. The van der Waals surface area contributed by atoms with Crippen LogP contribution in [0.1, 0.15) is 52.7 Å². The number of anilines is 1. The first-order valence-electron chi connectivity index (χ1n) is 7.68. The topological polar surface area (TPSA) is 55.1 Å². The molecule has 0 unspecified atom stereocenters. The maximum absolute atomic E-state index is 4.40. The van der Waals surface area contributed by atoms with Gasteiger partial charge in [-0.25, -0.2) is 4.98 Å². The fraction of sp³-hybridized carbons (Fsp3) is 0.688. The Labute approximate surface area is 126 Å². The lowest BCUT2D eigenvalue weighted by molar-refractivity contribution is 0.105. The number of hydrogen-bond donors (Lipinski definition) is 1. The van der Waals surface area contributed by atoms with Crippen LogP contribution in [0.4, 0.5) is 5.82 Å². The molecule has 2 heterocycles. The summed E-state index contributed by atoms with van der Waals surface area (Å²) < 4.78 is 1.79. The number of hydrogen-bond acceptors (Lipinski definition) is 4. The second-order valence-electron chi connectivity index (χ2n) is 8.01. The first-order valence-corrected chi connectivity index (χ1v) is 7.68. The highest BCUT2D eigenvalue weighted by molar-refractivity contribution is 5.45. The van der Waals surface area contributed by atoms with Crippen molar-refractivity contribution in [1.82, 2.24) is 19.6 Å². The highest BCUT2D eigenvalue weighted by Gasteiger charge is 2.38. The van der Waals surface area contributed by atoms with Crippen molar-refractivity contribution in [3.8, 4) is 0 Å². The molecule has 1 aliphatic rings. The molecule has 1 fully saturated rings. The third kappa shape index (κ3) is 3.01. The zero-order valence-corrected chi connectivity index (χ0v) is 13.6. The average molecular weight is 287 g/mol. The minimum absolute atomic E-state index is 0.364. The minimum atomic E-state index is 0.364. The molecule has 0 spiro atoms. The molecule has 0 radical (unpaired) electrons. The Bertz CT molecular complexity index is 640. The third-order valence-corrected chi connectivity index (χ3v) is 4.29. The SMILES string of the molecule is Cc1cc(NC2CC(C)(C)CC(C)(C)C2)n2ncnc2n1. The van der Waals surface area contributed by atoms with E-state index in [1.807, 2.05) is 6.92 Å². The first-order chi connectivity index (χ1) is 9.74. The summed E-state index contributed by atoms with van der Waals surface area (Å²) in [4.78, 5) is 8.59. The van der Waals surface area contributed by atoms with Crippen LogP contribution >= 0.6 is 0 Å². The number of aromatic nitrogens is 4. The van der Waals surface area contributed by atoms with Crippen molar-refractivity contribution >= 4 is 11.6 Å². The molecule has 1 N–H and O–H groups in total. The van der Waals surface area contributed by atoms with E-state index in [1.54, 1.807) is 10.8 Å². The van der Waals surface area contributed by atoms with Gasteiger partial charge in [0.1, 0.15) is 12.1 Å². The van der Waals surface area contributed by atoms with Gasteiger partial charge < -0.3 is 5.32 Å². The predicted octanol–water partition coefficient (Wildman–Crippen LogP) is 3.45. The van der Waals surface area contributed by atoms with Gasteiger partial charge in [-0.15, -0.1) is 0 Å². The highest BCUT2D eigenvalue weighted by atomic mass is 15.4. The number of aryl methyl sites for hydroxylation is 1. The van der Waals surface area contributed by atoms with E-state index in [9.17, 15) is 0 Å². The van der Waals surface area contributed by atoms with Crippen LogP contribution in [-0.2, 0) is 0 Å².